The Bertz CT molecular complexity index is 227. The van der Waals surface area contributed by atoms with E-state index in [-0.39, 0.29) is 18.1 Å². The molecule has 4 nitrogen and oxygen atoms in total. The van der Waals surface area contributed by atoms with Crippen molar-refractivity contribution in [2.75, 3.05) is 19.6 Å². The molecule has 4 heteroatoms. The lowest BCUT2D eigenvalue weighted by molar-refractivity contribution is -0.129. The molecule has 1 heterocycles. The first kappa shape index (κ1) is 10.9. The topological polar surface area (TPSA) is 52.6 Å². The smallest absolute Gasteiger partial charge is 0.236 e. The van der Waals surface area contributed by atoms with E-state index in [4.69, 9.17) is 0 Å². The molecule has 0 bridgehead atoms. The zero-order chi connectivity index (χ0) is 10.7. The normalized spacial score (nSPS) is 31.1. The van der Waals surface area contributed by atoms with Crippen LogP contribution in [0.5, 0.6) is 0 Å². The Labute approximate surface area is 90.6 Å². The summed E-state index contributed by atoms with van der Waals surface area (Å²) in [5, 5.41) is 12.7. The minimum atomic E-state index is -0.253. The van der Waals surface area contributed by atoms with Gasteiger partial charge in [0.05, 0.1) is 12.6 Å². The summed E-state index contributed by atoms with van der Waals surface area (Å²) in [5.41, 5.74) is 0. The van der Waals surface area contributed by atoms with Crippen molar-refractivity contribution in [2.24, 2.45) is 0 Å². The van der Waals surface area contributed by atoms with Gasteiger partial charge in [0, 0.05) is 19.1 Å². The second-order valence-corrected chi connectivity index (χ2v) is 4.57. The number of carbonyl (C=O) groups is 1. The summed E-state index contributed by atoms with van der Waals surface area (Å²) in [6.45, 7) is 2.21. The van der Waals surface area contributed by atoms with E-state index in [9.17, 15) is 9.90 Å². The quantitative estimate of drug-likeness (QED) is 0.698. The first-order valence-electron chi connectivity index (χ1n) is 5.96. The lowest BCUT2D eigenvalue weighted by Crippen LogP contribution is -2.43. The molecule has 2 fully saturated rings. The lowest BCUT2D eigenvalue weighted by atomic mass is 10.2. The maximum atomic E-state index is 11.7. The molecule has 2 atom stereocenters. The van der Waals surface area contributed by atoms with Gasteiger partial charge in [-0.25, -0.2) is 0 Å². The summed E-state index contributed by atoms with van der Waals surface area (Å²) >= 11 is 0. The Balaban J connectivity index is 1.70. The largest absolute Gasteiger partial charge is 0.392 e. The van der Waals surface area contributed by atoms with Crippen molar-refractivity contribution in [2.45, 2.75) is 44.2 Å². The van der Waals surface area contributed by atoms with Gasteiger partial charge in [0.15, 0.2) is 0 Å². The van der Waals surface area contributed by atoms with E-state index in [1.807, 2.05) is 4.90 Å². The van der Waals surface area contributed by atoms with E-state index in [1.165, 1.54) is 0 Å². The molecular formula is C11H20N2O2. The highest BCUT2D eigenvalue weighted by atomic mass is 16.3. The van der Waals surface area contributed by atoms with Crippen LogP contribution in [0.2, 0.25) is 0 Å². The van der Waals surface area contributed by atoms with Crippen LogP contribution in [0.1, 0.15) is 32.1 Å². The molecule has 2 unspecified atom stereocenters. The fourth-order valence-electron chi connectivity index (χ4n) is 2.48. The summed E-state index contributed by atoms with van der Waals surface area (Å²) in [7, 11) is 0. The van der Waals surface area contributed by atoms with E-state index in [0.717, 1.165) is 45.2 Å². The molecule has 0 aromatic heterocycles. The molecule has 2 N–H and O–H groups in total. The van der Waals surface area contributed by atoms with Crippen LogP contribution in [0.15, 0.2) is 0 Å². The van der Waals surface area contributed by atoms with Crippen LogP contribution in [0.25, 0.3) is 0 Å². The van der Waals surface area contributed by atoms with Crippen molar-refractivity contribution in [1.29, 1.82) is 0 Å². The monoisotopic (exact) mass is 212 g/mol. The van der Waals surface area contributed by atoms with E-state index in [0.29, 0.717) is 6.54 Å². The summed E-state index contributed by atoms with van der Waals surface area (Å²) in [6, 6.07) is 0.136. The van der Waals surface area contributed by atoms with Crippen molar-refractivity contribution in [3.63, 3.8) is 0 Å². The van der Waals surface area contributed by atoms with Gasteiger partial charge in [-0.05, 0) is 32.1 Å². The number of hydrogen-bond acceptors (Lipinski definition) is 3. The third-order valence-corrected chi connectivity index (χ3v) is 3.45. The molecule has 2 aliphatic rings. The standard InChI is InChI=1S/C11H20N2O2/c14-10-5-3-4-9(10)12-8-11(15)13-6-1-2-7-13/h9-10,12,14H,1-8H2. The van der Waals surface area contributed by atoms with Gasteiger partial charge in [-0.1, -0.05) is 0 Å². The number of nitrogens with one attached hydrogen (secondary N) is 1. The average molecular weight is 212 g/mol. The zero-order valence-corrected chi connectivity index (χ0v) is 9.11. The highest BCUT2D eigenvalue weighted by molar-refractivity contribution is 5.78. The zero-order valence-electron chi connectivity index (χ0n) is 9.11. The minimum Gasteiger partial charge on any atom is -0.392 e. The van der Waals surface area contributed by atoms with Crippen molar-refractivity contribution < 1.29 is 9.90 Å². The van der Waals surface area contributed by atoms with Gasteiger partial charge < -0.3 is 15.3 Å². The summed E-state index contributed by atoms with van der Waals surface area (Å²) in [4.78, 5) is 13.6. The number of amides is 1. The predicted octanol–water partition coefficient (Wildman–Crippen LogP) is 0.112. The Hall–Kier alpha value is -0.610. The van der Waals surface area contributed by atoms with Gasteiger partial charge in [0.1, 0.15) is 0 Å². The third kappa shape index (κ3) is 2.69. The average Bonchev–Trinajstić information content (AvgIpc) is 2.85. The fourth-order valence-corrected chi connectivity index (χ4v) is 2.48. The van der Waals surface area contributed by atoms with Crippen molar-refractivity contribution in [1.82, 2.24) is 10.2 Å². The number of nitrogens with zero attached hydrogens (tertiary/aromatic N) is 1. The van der Waals surface area contributed by atoms with Crippen molar-refractivity contribution >= 4 is 5.91 Å². The summed E-state index contributed by atoms with van der Waals surface area (Å²) < 4.78 is 0. The lowest BCUT2D eigenvalue weighted by Gasteiger charge is -2.19. The van der Waals surface area contributed by atoms with E-state index in [2.05, 4.69) is 5.32 Å². The van der Waals surface area contributed by atoms with Gasteiger partial charge in [-0.3, -0.25) is 4.79 Å². The first-order valence-corrected chi connectivity index (χ1v) is 5.96. The molecule has 1 aliphatic heterocycles. The SMILES string of the molecule is O=C(CNC1CCCC1O)N1CCCC1. The maximum Gasteiger partial charge on any atom is 0.236 e. The van der Waals surface area contributed by atoms with Crippen LogP contribution in [0.4, 0.5) is 0 Å². The second kappa shape index (κ2) is 4.94. The number of carbonyl (C=O) groups excluding carboxylic acids is 1. The van der Waals surface area contributed by atoms with Crippen LogP contribution in [0, 0.1) is 0 Å². The van der Waals surface area contributed by atoms with Crippen LogP contribution in [0.3, 0.4) is 0 Å². The van der Waals surface area contributed by atoms with Gasteiger partial charge in [-0.2, -0.15) is 0 Å². The molecule has 1 amide bonds. The predicted molar refractivity (Wildman–Crippen MR) is 57.5 cm³/mol. The molecular weight excluding hydrogens is 192 g/mol. The van der Waals surface area contributed by atoms with E-state index < -0.39 is 0 Å². The molecule has 1 saturated heterocycles. The van der Waals surface area contributed by atoms with Gasteiger partial charge in [0.2, 0.25) is 5.91 Å². The number of aliphatic hydroxyl groups excluding tert-OH is 1. The molecule has 1 aliphatic carbocycles. The van der Waals surface area contributed by atoms with E-state index in [1.54, 1.807) is 0 Å². The fraction of sp³-hybridized carbons (Fsp3) is 0.909. The molecule has 86 valence electrons. The van der Waals surface area contributed by atoms with E-state index >= 15 is 0 Å². The number of hydrogen-bond donors (Lipinski definition) is 2. The number of aliphatic hydroxyl groups is 1. The number of rotatable bonds is 3. The number of likely N-dealkylation sites (tertiary alicyclic amines) is 1. The Morgan fingerprint density at radius 1 is 1.27 bits per heavy atom. The molecule has 0 radical (unpaired) electrons. The first-order chi connectivity index (χ1) is 7.27. The summed E-state index contributed by atoms with van der Waals surface area (Å²) in [6.07, 6.45) is 4.95. The molecule has 0 spiro atoms. The highest BCUT2D eigenvalue weighted by Gasteiger charge is 2.26. The Kier molecular flexibility index (Phi) is 3.59. The molecule has 0 aromatic carbocycles. The van der Waals surface area contributed by atoms with Crippen LogP contribution < -0.4 is 5.32 Å². The maximum absolute atomic E-state index is 11.7. The minimum absolute atomic E-state index is 0.136. The molecule has 0 aromatic rings. The van der Waals surface area contributed by atoms with Crippen LogP contribution in [-0.2, 0) is 4.79 Å². The third-order valence-electron chi connectivity index (χ3n) is 3.45. The Morgan fingerprint density at radius 3 is 2.60 bits per heavy atom. The van der Waals surface area contributed by atoms with Gasteiger partial charge in [-0.15, -0.1) is 0 Å². The molecule has 15 heavy (non-hydrogen) atoms. The van der Waals surface area contributed by atoms with Crippen molar-refractivity contribution in [3.8, 4) is 0 Å². The Morgan fingerprint density at radius 2 is 2.00 bits per heavy atom. The highest BCUT2D eigenvalue weighted by Crippen LogP contribution is 2.18. The van der Waals surface area contributed by atoms with Crippen LogP contribution >= 0.6 is 0 Å². The molecule has 1 saturated carbocycles. The molecule has 2 rings (SSSR count). The van der Waals surface area contributed by atoms with Gasteiger partial charge >= 0.3 is 0 Å². The van der Waals surface area contributed by atoms with Crippen molar-refractivity contribution in [3.05, 3.63) is 0 Å². The summed E-state index contributed by atoms with van der Waals surface area (Å²) in [5.74, 6) is 0.187. The van der Waals surface area contributed by atoms with Gasteiger partial charge in [0.25, 0.3) is 0 Å². The van der Waals surface area contributed by atoms with Crippen LogP contribution in [-0.4, -0.2) is 47.7 Å². The second-order valence-electron chi connectivity index (χ2n) is 4.57.